The van der Waals surface area contributed by atoms with Crippen LogP contribution in [0.2, 0.25) is 0 Å². The minimum atomic E-state index is 1.19. The molecule has 0 radical (unpaired) electrons. The molecular weight excluding hydrogens is 893 g/mol. The summed E-state index contributed by atoms with van der Waals surface area (Å²) in [4.78, 5) is 0. The van der Waals surface area contributed by atoms with E-state index in [-0.39, 0.29) is 0 Å². The van der Waals surface area contributed by atoms with E-state index in [1.807, 2.05) is 0 Å². The van der Waals surface area contributed by atoms with Gasteiger partial charge in [0.05, 0.1) is 11.4 Å². The van der Waals surface area contributed by atoms with Crippen LogP contribution in [0.25, 0.3) is 133 Å². The topological polar surface area (TPSA) is 9.86 Å². The third-order valence-corrected chi connectivity index (χ3v) is 15.6. The predicted octanol–water partition coefficient (Wildman–Crippen LogP) is 19.5. The van der Waals surface area contributed by atoms with Gasteiger partial charge in [-0.25, -0.2) is 0 Å². The first kappa shape index (κ1) is 44.9. The highest BCUT2D eigenvalue weighted by atomic mass is 15.0. The van der Waals surface area contributed by atoms with Crippen LogP contribution in [-0.4, -0.2) is 9.13 Å². The van der Waals surface area contributed by atoms with Crippen LogP contribution in [0, 0.1) is 27.7 Å². The first-order valence-corrected chi connectivity index (χ1v) is 25.8. The highest BCUT2D eigenvalue weighted by Crippen LogP contribution is 2.48. The molecule has 2 nitrogen and oxygen atoms in total. The molecule has 0 saturated carbocycles. The molecule has 2 aromatic heterocycles. The Morgan fingerprint density at radius 2 is 0.486 bits per heavy atom. The molecule has 0 saturated heterocycles. The maximum absolute atomic E-state index is 2.45. The first-order chi connectivity index (χ1) is 36.2. The maximum atomic E-state index is 2.45. The van der Waals surface area contributed by atoms with Crippen molar-refractivity contribution in [2.24, 2.45) is 14.1 Å². The fraction of sp³-hybridized carbons (Fsp3) is 0.0833. The fourth-order valence-corrected chi connectivity index (χ4v) is 11.8. The summed E-state index contributed by atoms with van der Waals surface area (Å²) in [5.41, 5.74) is 27.0. The molecule has 0 atom stereocenters. The maximum Gasteiger partial charge on any atom is 0.0568 e. The Morgan fingerprint density at radius 3 is 0.824 bits per heavy atom. The van der Waals surface area contributed by atoms with Gasteiger partial charge in [0.25, 0.3) is 0 Å². The number of rotatable bonds is 8. The summed E-state index contributed by atoms with van der Waals surface area (Å²) >= 11 is 0. The number of benzene rings is 11. The van der Waals surface area contributed by atoms with Crippen molar-refractivity contribution >= 4 is 43.4 Å². The largest absolute Gasteiger partial charge is 0.343 e. The van der Waals surface area contributed by atoms with Gasteiger partial charge in [-0.05, 0) is 140 Å². The Hall–Kier alpha value is -8.98. The fourth-order valence-electron chi connectivity index (χ4n) is 11.8. The lowest BCUT2D eigenvalue weighted by Gasteiger charge is -2.20. The first-order valence-electron chi connectivity index (χ1n) is 25.8. The molecule has 0 unspecified atom stereocenters. The average Bonchev–Trinajstić information content (AvgIpc) is 3.91. The van der Waals surface area contributed by atoms with Crippen molar-refractivity contribution in [1.82, 2.24) is 9.13 Å². The quantitative estimate of drug-likeness (QED) is 0.134. The summed E-state index contributed by atoms with van der Waals surface area (Å²) < 4.78 is 4.80. The highest BCUT2D eigenvalue weighted by Gasteiger charge is 2.23. The summed E-state index contributed by atoms with van der Waals surface area (Å²) in [7, 11) is 4.45. The van der Waals surface area contributed by atoms with Crippen LogP contribution in [-0.2, 0) is 14.1 Å². The molecule has 354 valence electrons. The normalized spacial score (nSPS) is 11.6. The smallest absolute Gasteiger partial charge is 0.0568 e. The SMILES string of the molecule is Cc1ccc(-c2c(-c3ccc(C)cc3)n(C)c3cc(-c4ccc5c(-c6ccccc6)c6cc(-c7ccc8c(-c9ccc(C)cc9)c(-c9ccc(C)cc9)n(C)c8c7)ccc6c(-c6ccccc6)c5c4)ccc23)cc1. The van der Waals surface area contributed by atoms with Gasteiger partial charge in [0, 0.05) is 47.0 Å². The molecule has 2 heterocycles. The van der Waals surface area contributed by atoms with Crippen molar-refractivity contribution in [2.75, 3.05) is 0 Å². The van der Waals surface area contributed by atoms with Crippen LogP contribution in [0.4, 0.5) is 0 Å². The van der Waals surface area contributed by atoms with Gasteiger partial charge in [-0.1, -0.05) is 229 Å². The second-order valence-electron chi connectivity index (χ2n) is 20.5. The van der Waals surface area contributed by atoms with E-state index < -0.39 is 0 Å². The van der Waals surface area contributed by atoms with E-state index in [4.69, 9.17) is 0 Å². The van der Waals surface area contributed by atoms with Gasteiger partial charge in [0.1, 0.15) is 0 Å². The van der Waals surface area contributed by atoms with Crippen LogP contribution in [0.15, 0.2) is 231 Å². The van der Waals surface area contributed by atoms with Gasteiger partial charge in [-0.3, -0.25) is 0 Å². The third kappa shape index (κ3) is 7.56. The molecule has 0 fully saturated rings. The van der Waals surface area contributed by atoms with Crippen LogP contribution in [0.5, 0.6) is 0 Å². The molecule has 0 aliphatic rings. The number of aryl methyl sites for hydroxylation is 6. The van der Waals surface area contributed by atoms with Gasteiger partial charge in [0.15, 0.2) is 0 Å². The van der Waals surface area contributed by atoms with Crippen LogP contribution in [0.3, 0.4) is 0 Å². The molecule has 13 rings (SSSR count). The molecule has 0 aliphatic carbocycles. The Balaban J connectivity index is 1.01. The second-order valence-corrected chi connectivity index (χ2v) is 20.5. The lowest BCUT2D eigenvalue weighted by Crippen LogP contribution is -1.94. The zero-order valence-corrected chi connectivity index (χ0v) is 42.8. The number of aromatic nitrogens is 2. The van der Waals surface area contributed by atoms with Crippen molar-refractivity contribution in [3.63, 3.8) is 0 Å². The van der Waals surface area contributed by atoms with E-state index in [1.165, 1.54) is 155 Å². The molecule has 0 N–H and O–H groups in total. The number of nitrogens with zero attached hydrogens (tertiary/aromatic N) is 2. The summed E-state index contributed by atoms with van der Waals surface area (Å²) in [6, 6.07) is 86.4. The Kier molecular flexibility index (Phi) is 10.9. The Bertz CT molecular complexity index is 4000. The van der Waals surface area contributed by atoms with Crippen molar-refractivity contribution in [3.8, 4) is 89.3 Å². The third-order valence-electron chi connectivity index (χ3n) is 15.6. The van der Waals surface area contributed by atoms with E-state index in [9.17, 15) is 0 Å². The molecule has 11 aromatic carbocycles. The number of hydrogen-bond acceptors (Lipinski definition) is 0. The van der Waals surface area contributed by atoms with Gasteiger partial charge >= 0.3 is 0 Å². The average molecular weight is 949 g/mol. The zero-order valence-electron chi connectivity index (χ0n) is 42.8. The van der Waals surface area contributed by atoms with Gasteiger partial charge in [0.2, 0.25) is 0 Å². The minimum Gasteiger partial charge on any atom is -0.343 e. The van der Waals surface area contributed by atoms with Gasteiger partial charge in [-0.2, -0.15) is 0 Å². The number of hydrogen-bond donors (Lipinski definition) is 0. The molecule has 0 amide bonds. The van der Waals surface area contributed by atoms with E-state index >= 15 is 0 Å². The van der Waals surface area contributed by atoms with Gasteiger partial charge < -0.3 is 9.13 Å². The van der Waals surface area contributed by atoms with Crippen molar-refractivity contribution in [2.45, 2.75) is 27.7 Å². The van der Waals surface area contributed by atoms with Gasteiger partial charge in [-0.15, -0.1) is 0 Å². The molecule has 2 heteroatoms. The number of fused-ring (bicyclic) bond motifs is 4. The molecule has 0 bridgehead atoms. The lowest BCUT2D eigenvalue weighted by atomic mass is 9.84. The Labute approximate surface area is 434 Å². The standard InChI is InChI=1S/C72H56N2/c1-45-17-25-51(26-18-45)69-61-39-35-57(43-65(61)73(5)71(69)53-29-21-47(3)22-30-53)55-33-37-59-63(41-55)67(49-13-9-7-10-14-49)60-38-34-56(42-64(60)68(59)50-15-11-8-12-16-50)58-36-40-62-66(44-58)74(6)72(54-31-23-48(4)24-32-54)70(62)52-27-19-46(2)20-28-52/h7-44H,1-6H3. The van der Waals surface area contributed by atoms with Crippen molar-refractivity contribution in [1.29, 1.82) is 0 Å². The van der Waals surface area contributed by atoms with Crippen molar-refractivity contribution < 1.29 is 0 Å². The van der Waals surface area contributed by atoms with Crippen molar-refractivity contribution in [3.05, 3.63) is 253 Å². The minimum absolute atomic E-state index is 1.19. The van der Waals surface area contributed by atoms with E-state index in [0.717, 1.165) is 0 Å². The summed E-state index contributed by atoms with van der Waals surface area (Å²) in [6.45, 7) is 8.63. The van der Waals surface area contributed by atoms with E-state index in [2.05, 4.69) is 281 Å². The Morgan fingerprint density at radius 1 is 0.216 bits per heavy atom. The highest BCUT2D eigenvalue weighted by molar-refractivity contribution is 6.23. The van der Waals surface area contributed by atoms with Crippen LogP contribution in [0.1, 0.15) is 22.3 Å². The second kappa shape index (κ2) is 17.9. The van der Waals surface area contributed by atoms with Crippen LogP contribution >= 0.6 is 0 Å². The zero-order chi connectivity index (χ0) is 50.2. The molecule has 74 heavy (non-hydrogen) atoms. The van der Waals surface area contributed by atoms with Crippen LogP contribution < -0.4 is 0 Å². The monoisotopic (exact) mass is 948 g/mol. The van der Waals surface area contributed by atoms with E-state index in [0.29, 0.717) is 0 Å². The molecular formula is C72H56N2. The summed E-state index contributed by atoms with van der Waals surface area (Å²) in [5.74, 6) is 0. The molecule has 0 spiro atoms. The summed E-state index contributed by atoms with van der Waals surface area (Å²) in [6.07, 6.45) is 0. The molecule has 0 aliphatic heterocycles. The lowest BCUT2D eigenvalue weighted by molar-refractivity contribution is 0.979. The summed E-state index contributed by atoms with van der Waals surface area (Å²) in [5, 5.41) is 7.43. The van der Waals surface area contributed by atoms with E-state index in [1.54, 1.807) is 0 Å². The molecule has 13 aromatic rings. The predicted molar refractivity (Wildman–Crippen MR) is 317 cm³/mol.